The highest BCUT2D eigenvalue weighted by atomic mass is 35.5. The van der Waals surface area contributed by atoms with E-state index in [-0.39, 0.29) is 17.3 Å². The maximum atomic E-state index is 13.7. The molecule has 0 aliphatic heterocycles. The molecule has 1 aliphatic rings. The van der Waals surface area contributed by atoms with E-state index in [4.69, 9.17) is 11.6 Å². The van der Waals surface area contributed by atoms with Gasteiger partial charge in [-0.05, 0) is 48.7 Å². The highest BCUT2D eigenvalue weighted by Crippen LogP contribution is 2.57. The second-order valence-corrected chi connectivity index (χ2v) is 6.09. The van der Waals surface area contributed by atoms with Crippen LogP contribution in [-0.4, -0.2) is 6.54 Å². The van der Waals surface area contributed by atoms with Crippen LogP contribution in [0.4, 0.5) is 4.39 Å². The Labute approximate surface area is 130 Å². The molecule has 3 heteroatoms. The first-order valence-electron chi connectivity index (χ1n) is 7.41. The molecule has 3 rings (SSSR count). The molecule has 0 heterocycles. The molecule has 1 N–H and O–H groups in total. The molecule has 1 nitrogen and oxygen atoms in total. The number of nitrogens with one attached hydrogen (secondary N) is 1. The fraction of sp³-hybridized carbons (Fsp3) is 0.333. The molecule has 0 spiro atoms. The molecule has 1 unspecified atom stereocenters. The van der Waals surface area contributed by atoms with Gasteiger partial charge in [-0.3, -0.25) is 0 Å². The molecule has 2 aromatic rings. The molecule has 21 heavy (non-hydrogen) atoms. The van der Waals surface area contributed by atoms with Crippen molar-refractivity contribution in [2.24, 2.45) is 0 Å². The van der Waals surface area contributed by atoms with Crippen molar-refractivity contribution >= 4 is 11.6 Å². The van der Waals surface area contributed by atoms with Crippen LogP contribution in [0.3, 0.4) is 0 Å². The van der Waals surface area contributed by atoms with Gasteiger partial charge >= 0.3 is 0 Å². The minimum Gasteiger partial charge on any atom is -0.309 e. The summed E-state index contributed by atoms with van der Waals surface area (Å²) >= 11 is 6.34. The zero-order valence-corrected chi connectivity index (χ0v) is 12.8. The summed E-state index contributed by atoms with van der Waals surface area (Å²) in [7, 11) is 0. The smallest absolute Gasteiger partial charge is 0.123 e. The predicted molar refractivity (Wildman–Crippen MR) is 85.2 cm³/mol. The van der Waals surface area contributed by atoms with Crippen molar-refractivity contribution in [3.63, 3.8) is 0 Å². The van der Waals surface area contributed by atoms with E-state index in [1.165, 1.54) is 11.6 Å². The van der Waals surface area contributed by atoms with Crippen LogP contribution in [0.25, 0.3) is 0 Å². The molecule has 2 aromatic carbocycles. The largest absolute Gasteiger partial charge is 0.309 e. The van der Waals surface area contributed by atoms with Crippen LogP contribution >= 0.6 is 11.6 Å². The summed E-state index contributed by atoms with van der Waals surface area (Å²) in [5.74, 6) is -0.235. The zero-order chi connectivity index (χ0) is 14.9. The minimum absolute atomic E-state index is 0.0364. The third-order valence-electron chi connectivity index (χ3n) is 4.37. The Bertz CT molecular complexity index is 622. The first kappa shape index (κ1) is 14.6. The molecule has 1 atom stereocenters. The summed E-state index contributed by atoms with van der Waals surface area (Å²) in [6, 6.07) is 15.1. The number of benzene rings is 2. The van der Waals surface area contributed by atoms with Gasteiger partial charge < -0.3 is 5.32 Å². The molecule has 0 bridgehead atoms. The maximum absolute atomic E-state index is 13.7. The Hall–Kier alpha value is -1.38. The Morgan fingerprint density at radius 1 is 1.19 bits per heavy atom. The lowest BCUT2D eigenvalue weighted by Gasteiger charge is -2.29. The highest BCUT2D eigenvalue weighted by Gasteiger charge is 2.51. The third kappa shape index (κ3) is 2.70. The first-order chi connectivity index (χ1) is 10.2. The number of rotatable bonds is 5. The molecule has 1 aliphatic carbocycles. The summed E-state index contributed by atoms with van der Waals surface area (Å²) in [5, 5.41) is 4.15. The van der Waals surface area contributed by atoms with Gasteiger partial charge in [-0.2, -0.15) is 0 Å². The van der Waals surface area contributed by atoms with E-state index in [1.54, 1.807) is 12.1 Å². The predicted octanol–water partition coefficient (Wildman–Crippen LogP) is 4.86. The van der Waals surface area contributed by atoms with Crippen LogP contribution in [0.2, 0.25) is 5.02 Å². The average Bonchev–Trinajstić information content (AvgIpc) is 3.30. The second-order valence-electron chi connectivity index (χ2n) is 5.68. The molecule has 110 valence electrons. The van der Waals surface area contributed by atoms with E-state index in [0.29, 0.717) is 5.02 Å². The normalized spacial score (nSPS) is 17.5. The van der Waals surface area contributed by atoms with Crippen LogP contribution in [0.5, 0.6) is 0 Å². The maximum Gasteiger partial charge on any atom is 0.123 e. The van der Waals surface area contributed by atoms with Gasteiger partial charge in [-0.15, -0.1) is 0 Å². The van der Waals surface area contributed by atoms with Crippen LogP contribution in [0, 0.1) is 5.82 Å². The Kier molecular flexibility index (Phi) is 4.01. The number of halogens is 2. The fourth-order valence-electron chi connectivity index (χ4n) is 3.19. The van der Waals surface area contributed by atoms with Crippen molar-refractivity contribution in [2.75, 3.05) is 6.54 Å². The van der Waals surface area contributed by atoms with Gasteiger partial charge in [-0.25, -0.2) is 4.39 Å². The summed E-state index contributed by atoms with van der Waals surface area (Å²) in [6.45, 7) is 2.90. The molecule has 1 saturated carbocycles. The second kappa shape index (κ2) is 5.78. The van der Waals surface area contributed by atoms with Gasteiger partial charge in [0.2, 0.25) is 0 Å². The molecule has 0 saturated heterocycles. The molecule has 0 aromatic heterocycles. The summed E-state index contributed by atoms with van der Waals surface area (Å²) in [5.41, 5.74) is 2.20. The zero-order valence-electron chi connectivity index (χ0n) is 12.1. The fourth-order valence-corrected chi connectivity index (χ4v) is 3.42. The number of hydrogen-bond donors (Lipinski definition) is 1. The monoisotopic (exact) mass is 303 g/mol. The lowest BCUT2D eigenvalue weighted by Crippen LogP contribution is -2.32. The summed E-state index contributed by atoms with van der Waals surface area (Å²) in [6.07, 6.45) is 2.20. The van der Waals surface area contributed by atoms with Crippen molar-refractivity contribution < 1.29 is 4.39 Å². The van der Waals surface area contributed by atoms with Gasteiger partial charge in [0.15, 0.2) is 0 Å². The third-order valence-corrected chi connectivity index (χ3v) is 4.71. The number of likely N-dealkylation sites (N-methyl/N-ethyl adjacent to an activating group) is 1. The van der Waals surface area contributed by atoms with E-state index in [9.17, 15) is 4.39 Å². The van der Waals surface area contributed by atoms with Gasteiger partial charge in [0.1, 0.15) is 5.82 Å². The van der Waals surface area contributed by atoms with Gasteiger partial charge in [0.05, 0.1) is 0 Å². The van der Waals surface area contributed by atoms with Crippen LogP contribution in [0.1, 0.15) is 36.9 Å². The quantitative estimate of drug-likeness (QED) is 0.831. The molecular weight excluding hydrogens is 285 g/mol. The summed E-state index contributed by atoms with van der Waals surface area (Å²) < 4.78 is 13.7. The SMILES string of the molecule is CCNC(c1cc(F)ccc1Cl)C1(c2ccccc2)CC1. The van der Waals surface area contributed by atoms with Crippen LogP contribution in [-0.2, 0) is 5.41 Å². The molecule has 0 amide bonds. The van der Waals surface area contributed by atoms with Crippen molar-refractivity contribution in [3.05, 3.63) is 70.5 Å². The van der Waals surface area contributed by atoms with E-state index in [0.717, 1.165) is 24.9 Å². The molecule has 1 fully saturated rings. The highest BCUT2D eigenvalue weighted by molar-refractivity contribution is 6.31. The molecular formula is C18H19ClFN. The van der Waals surface area contributed by atoms with E-state index >= 15 is 0 Å². The van der Waals surface area contributed by atoms with Crippen molar-refractivity contribution in [3.8, 4) is 0 Å². The number of hydrogen-bond acceptors (Lipinski definition) is 1. The lowest BCUT2D eigenvalue weighted by atomic mass is 9.83. The van der Waals surface area contributed by atoms with Crippen molar-refractivity contribution in [1.82, 2.24) is 5.32 Å². The summed E-state index contributed by atoms with van der Waals surface area (Å²) in [4.78, 5) is 0. The van der Waals surface area contributed by atoms with Crippen LogP contribution < -0.4 is 5.32 Å². The Morgan fingerprint density at radius 3 is 2.52 bits per heavy atom. The van der Waals surface area contributed by atoms with E-state index in [2.05, 4.69) is 36.5 Å². The van der Waals surface area contributed by atoms with Crippen molar-refractivity contribution in [1.29, 1.82) is 0 Å². The van der Waals surface area contributed by atoms with Crippen LogP contribution in [0.15, 0.2) is 48.5 Å². The van der Waals surface area contributed by atoms with E-state index < -0.39 is 0 Å². The average molecular weight is 304 g/mol. The van der Waals surface area contributed by atoms with Gasteiger partial charge in [0, 0.05) is 16.5 Å². The Balaban J connectivity index is 2.04. The van der Waals surface area contributed by atoms with E-state index in [1.807, 2.05) is 6.07 Å². The molecule has 0 radical (unpaired) electrons. The van der Waals surface area contributed by atoms with Gasteiger partial charge in [-0.1, -0.05) is 48.9 Å². The van der Waals surface area contributed by atoms with Gasteiger partial charge in [0.25, 0.3) is 0 Å². The standard InChI is InChI=1S/C18H19ClFN/c1-2-21-17(15-12-14(20)8-9-16(15)19)18(10-11-18)13-6-4-3-5-7-13/h3-9,12,17,21H,2,10-11H2,1H3. The Morgan fingerprint density at radius 2 is 1.90 bits per heavy atom. The van der Waals surface area contributed by atoms with Crippen molar-refractivity contribution in [2.45, 2.75) is 31.2 Å². The first-order valence-corrected chi connectivity index (χ1v) is 7.79. The lowest BCUT2D eigenvalue weighted by molar-refractivity contribution is 0.437. The topological polar surface area (TPSA) is 12.0 Å². The minimum atomic E-state index is -0.235.